The van der Waals surface area contributed by atoms with Gasteiger partial charge in [0.1, 0.15) is 0 Å². The van der Waals surface area contributed by atoms with E-state index < -0.39 is 0 Å². The van der Waals surface area contributed by atoms with Crippen LogP contribution in [0.1, 0.15) is 0 Å². The van der Waals surface area contributed by atoms with Gasteiger partial charge in [0.25, 0.3) is 0 Å². The monoisotopic (exact) mass is 341 g/mol. The summed E-state index contributed by atoms with van der Waals surface area (Å²) in [4.78, 5) is 3.72. The van der Waals surface area contributed by atoms with E-state index in [4.69, 9.17) is 0 Å². The summed E-state index contributed by atoms with van der Waals surface area (Å²) in [6.07, 6.45) is 3.50. The number of hydrogen-bond donors (Lipinski definition) is 0. The van der Waals surface area contributed by atoms with Crippen molar-refractivity contribution in [2.24, 2.45) is 0 Å². The van der Waals surface area contributed by atoms with Crippen molar-refractivity contribution in [2.45, 2.75) is 0 Å². The first-order chi connectivity index (χ1) is 6.97. The minimum absolute atomic E-state index is 0. The zero-order chi connectivity index (χ0) is 9.64. The minimum atomic E-state index is 0. The summed E-state index contributed by atoms with van der Waals surface area (Å²) in [5.74, 6) is 0. The van der Waals surface area contributed by atoms with Crippen LogP contribution in [0.3, 0.4) is 0 Å². The van der Waals surface area contributed by atoms with E-state index in [1.165, 1.54) is 11.1 Å². The average molecular weight is 343 g/mol. The van der Waals surface area contributed by atoms with Crippen LogP contribution in [0.25, 0.3) is 11.1 Å². The first-order valence-electron chi connectivity index (χ1n) is 4.59. The van der Waals surface area contributed by atoms with E-state index in [1.54, 1.807) is 12.4 Å². The number of fused-ring (bicyclic) bond motifs is 1. The molecule has 86 valence electrons. The maximum Gasteiger partial charge on any atom is 4.00 e. The van der Waals surface area contributed by atoms with Crippen LogP contribution in [0.2, 0.25) is 0 Å². The van der Waals surface area contributed by atoms with Crippen LogP contribution >= 0.6 is 0 Å². The van der Waals surface area contributed by atoms with Crippen molar-refractivity contribution < 1.29 is 51.0 Å². The van der Waals surface area contributed by atoms with Gasteiger partial charge in [0.05, 0.1) is 0 Å². The molecule has 0 N–H and O–H groups in total. The predicted molar refractivity (Wildman–Crippen MR) is 58.4 cm³/mol. The van der Waals surface area contributed by atoms with Gasteiger partial charge in [-0.3, -0.25) is 0 Å². The zero-order valence-electron chi connectivity index (χ0n) is 9.05. The maximum atomic E-state index is 3.72. The smallest absolute Gasteiger partial charge is 1.00 e. The Morgan fingerprint density at radius 2 is 1.47 bits per heavy atom. The van der Waals surface area contributed by atoms with E-state index in [1.807, 2.05) is 12.1 Å². The summed E-state index contributed by atoms with van der Waals surface area (Å²) < 4.78 is 0. The topological polar surface area (TPSA) is 14.1 Å². The van der Waals surface area contributed by atoms with Gasteiger partial charge in [0.2, 0.25) is 0 Å². The molecular weight excluding hydrogens is 332 g/mol. The van der Waals surface area contributed by atoms with Crippen molar-refractivity contribution in [2.75, 3.05) is 0 Å². The summed E-state index contributed by atoms with van der Waals surface area (Å²) in [5, 5.41) is 0. The molecule has 4 heteroatoms. The van der Waals surface area contributed by atoms with Crippen LogP contribution in [0.5, 0.6) is 0 Å². The third-order valence-corrected chi connectivity index (χ3v) is 2.00. The Morgan fingerprint density at radius 1 is 0.824 bits per heavy atom. The van der Waals surface area contributed by atoms with E-state index in [9.17, 15) is 0 Å². The van der Waals surface area contributed by atoms with Gasteiger partial charge in [0.15, 0.2) is 0 Å². The largest absolute Gasteiger partial charge is 4.00 e. The summed E-state index contributed by atoms with van der Waals surface area (Å²) >= 11 is 0. The molecule has 1 nitrogen and oxygen atoms in total. The first kappa shape index (κ1) is 18.9. The molecule has 0 saturated heterocycles. The third-order valence-electron chi connectivity index (χ3n) is 2.00. The van der Waals surface area contributed by atoms with Gasteiger partial charge in [-0.2, -0.15) is 36.7 Å². The number of aromatic nitrogens is 1. The fraction of sp³-hybridized carbons (Fsp3) is 0. The molecule has 2 aliphatic rings. The Morgan fingerprint density at radius 3 is 2.00 bits per heavy atom. The first-order valence-corrected chi connectivity index (χ1v) is 4.59. The van der Waals surface area contributed by atoms with Crippen molar-refractivity contribution in [3.8, 4) is 11.1 Å². The molecule has 2 aliphatic carbocycles. The van der Waals surface area contributed by atoms with Crippen LogP contribution in [0, 0.1) is 0 Å². The molecule has 0 atom stereocenters. The van der Waals surface area contributed by atoms with Crippen molar-refractivity contribution in [1.29, 1.82) is 0 Å². The molecule has 0 radical (unpaired) electrons. The van der Waals surface area contributed by atoms with Crippen molar-refractivity contribution in [3.63, 3.8) is 0 Å². The van der Waals surface area contributed by atoms with Crippen LogP contribution in [-0.2, 0) is 26.2 Å². The Labute approximate surface area is 133 Å². The standard InChI is InChI=1S/C9H7.C4H4N.2ClH.Zr/c1-2-5-9-7-3-6-8(9)4-1;1-2-4-5-3-1;;;/h1-7H;1-4H;2*1H;/q2*-1;;;+4/p-2. The molecule has 1 heterocycles. The molecular formula is C13H11Cl2NZr. The summed E-state index contributed by atoms with van der Waals surface area (Å²) in [6.45, 7) is 0. The van der Waals surface area contributed by atoms with Crippen LogP contribution < -0.4 is 29.8 Å². The SMILES string of the molecule is [Cl-].[Cl-].[Zr+4].c1cc2cc[cH-]cc-2c1.c1cc[n-]c1. The third kappa shape index (κ3) is 6.16. The van der Waals surface area contributed by atoms with Crippen molar-refractivity contribution >= 4 is 0 Å². The second-order valence-corrected chi connectivity index (χ2v) is 2.99. The van der Waals surface area contributed by atoms with E-state index in [2.05, 4.69) is 47.4 Å². The van der Waals surface area contributed by atoms with E-state index >= 15 is 0 Å². The Hall–Kier alpha value is -0.427. The van der Waals surface area contributed by atoms with Crippen LogP contribution in [0.15, 0.2) is 67.0 Å². The number of rotatable bonds is 0. The Kier molecular flexibility index (Phi) is 11.9. The summed E-state index contributed by atoms with van der Waals surface area (Å²) in [6, 6.07) is 18.4. The molecule has 0 bridgehead atoms. The van der Waals surface area contributed by atoms with E-state index in [0.29, 0.717) is 0 Å². The molecule has 0 unspecified atom stereocenters. The number of hydrogen-bond acceptors (Lipinski definition) is 0. The molecule has 1 aromatic heterocycles. The molecule has 17 heavy (non-hydrogen) atoms. The van der Waals surface area contributed by atoms with Gasteiger partial charge in [0, 0.05) is 0 Å². The van der Waals surface area contributed by atoms with Gasteiger partial charge < -0.3 is 29.8 Å². The van der Waals surface area contributed by atoms with Crippen molar-refractivity contribution in [1.82, 2.24) is 4.98 Å². The molecule has 0 aromatic carbocycles. The number of nitrogens with zero attached hydrogens (tertiary/aromatic N) is 1. The molecule has 0 aliphatic heterocycles. The predicted octanol–water partition coefficient (Wildman–Crippen LogP) is -2.84. The fourth-order valence-corrected chi connectivity index (χ4v) is 1.32. The minimum Gasteiger partial charge on any atom is -1.00 e. The molecule has 3 rings (SSSR count). The average Bonchev–Trinajstić information content (AvgIpc) is 2.92. The van der Waals surface area contributed by atoms with Crippen LogP contribution in [-0.4, -0.2) is 0 Å². The fourth-order valence-electron chi connectivity index (χ4n) is 1.32. The second-order valence-electron chi connectivity index (χ2n) is 2.99. The van der Waals surface area contributed by atoms with Crippen LogP contribution in [0.4, 0.5) is 0 Å². The molecule has 0 saturated carbocycles. The van der Waals surface area contributed by atoms with E-state index in [0.717, 1.165) is 0 Å². The summed E-state index contributed by atoms with van der Waals surface area (Å²) in [5.41, 5.74) is 2.66. The van der Waals surface area contributed by atoms with Crippen molar-refractivity contribution in [3.05, 3.63) is 67.0 Å². The molecule has 0 fully saturated rings. The Balaban J connectivity index is 0. The maximum absolute atomic E-state index is 3.72. The van der Waals surface area contributed by atoms with Gasteiger partial charge in [-0.1, -0.05) is 24.3 Å². The van der Waals surface area contributed by atoms with Gasteiger partial charge in [-0.25, -0.2) is 0 Å². The second kappa shape index (κ2) is 10.7. The Bertz CT molecular complexity index is 392. The molecule has 0 spiro atoms. The van der Waals surface area contributed by atoms with E-state index in [-0.39, 0.29) is 51.0 Å². The van der Waals surface area contributed by atoms with Gasteiger partial charge >= 0.3 is 26.2 Å². The summed E-state index contributed by atoms with van der Waals surface area (Å²) in [7, 11) is 0. The number of benzene rings is 1. The van der Waals surface area contributed by atoms with Gasteiger partial charge in [-0.05, 0) is 0 Å². The zero-order valence-corrected chi connectivity index (χ0v) is 13.0. The molecule has 0 amide bonds. The molecule has 1 aromatic rings. The van der Waals surface area contributed by atoms with Gasteiger partial charge in [-0.15, -0.1) is 17.2 Å². The normalized spacial score (nSPS) is 7.76. The quantitative estimate of drug-likeness (QED) is 0.401. The number of halogens is 2.